The summed E-state index contributed by atoms with van der Waals surface area (Å²) in [6.07, 6.45) is 1.57. The molecule has 0 saturated heterocycles. The van der Waals surface area contributed by atoms with Crippen LogP contribution >= 0.6 is 27.3 Å². The average molecular weight is 424 g/mol. The van der Waals surface area contributed by atoms with E-state index in [-0.39, 0.29) is 5.75 Å². The number of alkyl halides is 2. The van der Waals surface area contributed by atoms with Crippen molar-refractivity contribution < 1.29 is 13.5 Å². The van der Waals surface area contributed by atoms with E-state index in [9.17, 15) is 8.78 Å². The number of aromatic nitrogens is 1. The highest BCUT2D eigenvalue weighted by atomic mass is 79.9. The van der Waals surface area contributed by atoms with Gasteiger partial charge in [-0.05, 0) is 39.7 Å². The van der Waals surface area contributed by atoms with Gasteiger partial charge in [-0.15, -0.1) is 11.3 Å². The van der Waals surface area contributed by atoms with Gasteiger partial charge < -0.3 is 4.74 Å². The summed E-state index contributed by atoms with van der Waals surface area (Å²) in [6.45, 7) is -2.86. The number of nitrogens with one attached hydrogen (secondary N) is 1. The zero-order valence-corrected chi connectivity index (χ0v) is 15.1. The van der Waals surface area contributed by atoms with Gasteiger partial charge in [-0.2, -0.15) is 13.9 Å². The van der Waals surface area contributed by atoms with Gasteiger partial charge in [0.1, 0.15) is 5.75 Å². The Balaban J connectivity index is 1.64. The molecule has 0 bridgehead atoms. The van der Waals surface area contributed by atoms with Crippen LogP contribution in [0.15, 0.2) is 63.5 Å². The third kappa shape index (κ3) is 4.83. The van der Waals surface area contributed by atoms with Crippen LogP contribution in [-0.2, 0) is 0 Å². The first kappa shape index (κ1) is 17.5. The van der Waals surface area contributed by atoms with Gasteiger partial charge in [0.05, 0.1) is 16.4 Å². The van der Waals surface area contributed by atoms with E-state index in [4.69, 9.17) is 0 Å². The molecule has 1 N–H and O–H groups in total. The molecule has 0 unspecified atom stereocenters. The second-order valence-corrected chi connectivity index (χ2v) is 6.55. The van der Waals surface area contributed by atoms with Crippen LogP contribution in [0.4, 0.5) is 13.9 Å². The van der Waals surface area contributed by atoms with Crippen LogP contribution in [0.1, 0.15) is 5.56 Å². The molecule has 0 atom stereocenters. The topological polar surface area (TPSA) is 46.5 Å². The highest BCUT2D eigenvalue weighted by molar-refractivity contribution is 9.10. The van der Waals surface area contributed by atoms with Crippen molar-refractivity contribution in [2.75, 3.05) is 5.43 Å². The molecule has 0 radical (unpaired) electrons. The summed E-state index contributed by atoms with van der Waals surface area (Å²) < 4.78 is 29.3. The fourth-order valence-corrected chi connectivity index (χ4v) is 3.18. The highest BCUT2D eigenvalue weighted by Crippen LogP contribution is 2.27. The van der Waals surface area contributed by atoms with Crippen molar-refractivity contribution in [3.05, 3.63) is 63.9 Å². The Kier molecular flexibility index (Phi) is 5.72. The Morgan fingerprint density at radius 2 is 2.00 bits per heavy atom. The Hall–Kier alpha value is -2.32. The fraction of sp³-hybridized carbons (Fsp3) is 0.0588. The molecule has 1 heterocycles. The number of hydrazone groups is 1. The van der Waals surface area contributed by atoms with Crippen LogP contribution in [0.25, 0.3) is 11.3 Å². The third-order valence-corrected chi connectivity index (χ3v) is 4.49. The number of hydrogen-bond donors (Lipinski definition) is 1. The van der Waals surface area contributed by atoms with Crippen molar-refractivity contribution in [2.24, 2.45) is 5.10 Å². The molecule has 2 aromatic carbocycles. The predicted octanol–water partition coefficient (Wildman–Crippen LogP) is 5.62. The van der Waals surface area contributed by atoms with Crippen molar-refractivity contribution in [3.8, 4) is 17.0 Å². The van der Waals surface area contributed by atoms with Crippen LogP contribution < -0.4 is 10.2 Å². The molecule has 128 valence electrons. The Labute approximate surface area is 155 Å². The lowest BCUT2D eigenvalue weighted by atomic mass is 10.2. The molecule has 8 heteroatoms. The standard InChI is InChI=1S/C17H12BrF2N3OS/c18-13-8-11(6-7-15(13)24-16(19)20)9-21-23-17-22-14(10-25-17)12-4-2-1-3-5-12/h1-10,16H,(H,22,23). The van der Waals surface area contributed by atoms with E-state index in [1.54, 1.807) is 18.3 Å². The summed E-state index contributed by atoms with van der Waals surface area (Å²) in [4.78, 5) is 4.46. The maximum atomic E-state index is 12.2. The molecule has 4 nitrogen and oxygen atoms in total. The summed E-state index contributed by atoms with van der Waals surface area (Å²) in [5.74, 6) is 0.0764. The number of hydrogen-bond acceptors (Lipinski definition) is 5. The first-order valence-corrected chi connectivity index (χ1v) is 8.83. The SMILES string of the molecule is FC(F)Oc1ccc(C=NNc2nc(-c3ccccc3)cs2)cc1Br. The van der Waals surface area contributed by atoms with Crippen LogP contribution in [-0.4, -0.2) is 17.8 Å². The fourth-order valence-electron chi connectivity index (χ4n) is 2.02. The lowest BCUT2D eigenvalue weighted by Gasteiger charge is -2.06. The number of anilines is 1. The minimum atomic E-state index is -2.86. The number of nitrogens with zero attached hydrogens (tertiary/aromatic N) is 2. The van der Waals surface area contributed by atoms with E-state index < -0.39 is 6.61 Å². The number of benzene rings is 2. The van der Waals surface area contributed by atoms with Crippen LogP contribution in [0.5, 0.6) is 5.75 Å². The molecule has 3 aromatic rings. The maximum Gasteiger partial charge on any atom is 0.387 e. The molecule has 0 fully saturated rings. The zero-order chi connectivity index (χ0) is 17.6. The van der Waals surface area contributed by atoms with Gasteiger partial charge in [-0.3, -0.25) is 5.43 Å². The molecule has 0 aliphatic carbocycles. The van der Waals surface area contributed by atoms with Crippen LogP contribution in [0, 0.1) is 0 Å². The van der Waals surface area contributed by atoms with Crippen molar-refractivity contribution >= 4 is 38.6 Å². The van der Waals surface area contributed by atoms with Gasteiger partial charge in [0.2, 0.25) is 5.13 Å². The number of halogens is 3. The summed E-state index contributed by atoms with van der Waals surface area (Å²) in [5.41, 5.74) is 5.49. The minimum Gasteiger partial charge on any atom is -0.434 e. The molecule has 3 rings (SSSR count). The molecule has 0 aliphatic heterocycles. The average Bonchev–Trinajstić information content (AvgIpc) is 3.07. The lowest BCUT2D eigenvalue weighted by molar-refractivity contribution is -0.0503. The first-order chi connectivity index (χ1) is 12.1. The van der Waals surface area contributed by atoms with Crippen LogP contribution in [0.3, 0.4) is 0 Å². The second kappa shape index (κ2) is 8.17. The number of rotatable bonds is 6. The summed E-state index contributed by atoms with van der Waals surface area (Å²) in [6, 6.07) is 14.6. The second-order valence-electron chi connectivity index (χ2n) is 4.84. The first-order valence-electron chi connectivity index (χ1n) is 7.16. The Morgan fingerprint density at radius 1 is 1.20 bits per heavy atom. The van der Waals surface area contributed by atoms with Gasteiger partial charge in [0.25, 0.3) is 0 Å². The van der Waals surface area contributed by atoms with E-state index in [2.05, 4.69) is 36.2 Å². The van der Waals surface area contributed by atoms with Gasteiger partial charge in [-0.25, -0.2) is 4.98 Å². The van der Waals surface area contributed by atoms with Gasteiger partial charge >= 0.3 is 6.61 Å². The predicted molar refractivity (Wildman–Crippen MR) is 99.5 cm³/mol. The minimum absolute atomic E-state index is 0.0764. The van der Waals surface area contributed by atoms with Crippen molar-refractivity contribution in [2.45, 2.75) is 6.61 Å². The summed E-state index contributed by atoms with van der Waals surface area (Å²) in [7, 11) is 0. The Morgan fingerprint density at radius 3 is 2.72 bits per heavy atom. The zero-order valence-electron chi connectivity index (χ0n) is 12.7. The molecule has 0 amide bonds. The number of ether oxygens (including phenoxy) is 1. The lowest BCUT2D eigenvalue weighted by Crippen LogP contribution is -2.02. The third-order valence-electron chi connectivity index (χ3n) is 3.12. The van der Waals surface area contributed by atoms with E-state index in [1.165, 1.54) is 17.4 Å². The smallest absolute Gasteiger partial charge is 0.387 e. The van der Waals surface area contributed by atoms with E-state index in [1.807, 2.05) is 35.7 Å². The molecular formula is C17H12BrF2N3OS. The maximum absolute atomic E-state index is 12.2. The quantitative estimate of drug-likeness (QED) is 0.413. The molecular weight excluding hydrogens is 412 g/mol. The summed E-state index contributed by atoms with van der Waals surface area (Å²) >= 11 is 4.63. The van der Waals surface area contributed by atoms with E-state index in [0.717, 1.165) is 16.8 Å². The van der Waals surface area contributed by atoms with Crippen molar-refractivity contribution in [1.82, 2.24) is 4.98 Å². The largest absolute Gasteiger partial charge is 0.434 e. The van der Waals surface area contributed by atoms with Crippen molar-refractivity contribution in [1.29, 1.82) is 0 Å². The van der Waals surface area contributed by atoms with Gasteiger partial charge in [-0.1, -0.05) is 30.3 Å². The molecule has 0 spiro atoms. The summed E-state index contributed by atoms with van der Waals surface area (Å²) in [5, 5.41) is 6.72. The van der Waals surface area contributed by atoms with Gasteiger partial charge in [0, 0.05) is 10.9 Å². The van der Waals surface area contributed by atoms with E-state index >= 15 is 0 Å². The highest BCUT2D eigenvalue weighted by Gasteiger charge is 2.08. The molecule has 0 saturated carbocycles. The normalized spacial score (nSPS) is 11.2. The molecule has 25 heavy (non-hydrogen) atoms. The Bertz CT molecular complexity index is 871. The van der Waals surface area contributed by atoms with Crippen LogP contribution in [0.2, 0.25) is 0 Å². The van der Waals surface area contributed by atoms with Gasteiger partial charge in [0.15, 0.2) is 0 Å². The van der Waals surface area contributed by atoms with Crippen molar-refractivity contribution in [3.63, 3.8) is 0 Å². The molecule has 1 aromatic heterocycles. The monoisotopic (exact) mass is 423 g/mol. The number of thiazole rings is 1. The molecule has 0 aliphatic rings. The van der Waals surface area contributed by atoms with E-state index in [0.29, 0.717) is 9.60 Å².